The van der Waals surface area contributed by atoms with Crippen molar-refractivity contribution in [1.29, 1.82) is 0 Å². The normalized spacial score (nSPS) is 24.5. The van der Waals surface area contributed by atoms with Gasteiger partial charge < -0.3 is 9.64 Å². The zero-order valence-electron chi connectivity index (χ0n) is 15.3. The van der Waals surface area contributed by atoms with Gasteiger partial charge in [0.2, 0.25) is 0 Å². The number of rotatable bonds is 4. The Labute approximate surface area is 158 Å². The lowest BCUT2D eigenvalue weighted by Crippen LogP contribution is -2.60. The van der Waals surface area contributed by atoms with Crippen molar-refractivity contribution in [3.05, 3.63) is 52.0 Å². The maximum atomic E-state index is 12.7. The van der Waals surface area contributed by atoms with Crippen molar-refractivity contribution < 1.29 is 9.53 Å². The van der Waals surface area contributed by atoms with Gasteiger partial charge in [0.05, 0.1) is 17.0 Å². The molecule has 0 radical (unpaired) electrons. The fourth-order valence-electron chi connectivity index (χ4n) is 4.14. The van der Waals surface area contributed by atoms with E-state index in [-0.39, 0.29) is 18.1 Å². The molecule has 2 saturated heterocycles. The zero-order chi connectivity index (χ0) is 18.1. The summed E-state index contributed by atoms with van der Waals surface area (Å²) < 4.78 is 5.66. The first-order chi connectivity index (χ1) is 12.7. The summed E-state index contributed by atoms with van der Waals surface area (Å²) >= 11 is 1.59. The van der Waals surface area contributed by atoms with Gasteiger partial charge >= 0.3 is 0 Å². The van der Waals surface area contributed by atoms with Gasteiger partial charge in [-0.15, -0.1) is 11.3 Å². The summed E-state index contributed by atoms with van der Waals surface area (Å²) in [4.78, 5) is 23.5. The lowest BCUT2D eigenvalue weighted by molar-refractivity contribution is -0.115. The molecule has 2 fully saturated rings. The first kappa shape index (κ1) is 17.6. The highest BCUT2D eigenvalue weighted by atomic mass is 32.1. The van der Waals surface area contributed by atoms with Crippen molar-refractivity contribution in [3.63, 3.8) is 0 Å². The molecule has 2 aliphatic heterocycles. The van der Waals surface area contributed by atoms with Gasteiger partial charge in [-0.3, -0.25) is 14.7 Å². The minimum atomic E-state index is 0.184. The summed E-state index contributed by atoms with van der Waals surface area (Å²) in [6.07, 6.45) is 6.02. The van der Waals surface area contributed by atoms with E-state index in [1.54, 1.807) is 18.4 Å². The van der Waals surface area contributed by atoms with Gasteiger partial charge in [-0.2, -0.15) is 0 Å². The Morgan fingerprint density at radius 2 is 2.08 bits per heavy atom. The van der Waals surface area contributed by atoms with Crippen molar-refractivity contribution in [2.45, 2.75) is 38.0 Å². The van der Waals surface area contributed by atoms with Crippen LogP contribution in [0.3, 0.4) is 0 Å². The lowest BCUT2D eigenvalue weighted by Gasteiger charge is -2.52. The molecule has 0 aromatic carbocycles. The number of aromatic nitrogens is 1. The standard InChI is InChI=1S/C20H25N3O2S/c1-14-5-6-18(26-14)20(24)22-10-7-16(8-11-22)23-13-17(25-2)19(23)15-4-3-9-21-12-15/h3-6,9,12,16-17,19H,7-8,10-11,13H2,1-2H3/t17-,19-/m0/s1. The van der Waals surface area contributed by atoms with Gasteiger partial charge in [0, 0.05) is 50.1 Å². The molecule has 26 heavy (non-hydrogen) atoms. The molecular formula is C20H25N3O2S. The number of hydrogen-bond donors (Lipinski definition) is 0. The summed E-state index contributed by atoms with van der Waals surface area (Å²) in [7, 11) is 1.79. The van der Waals surface area contributed by atoms with Gasteiger partial charge in [-0.1, -0.05) is 6.07 Å². The highest BCUT2D eigenvalue weighted by molar-refractivity contribution is 7.13. The number of amides is 1. The number of thiophene rings is 1. The van der Waals surface area contributed by atoms with Crippen molar-refractivity contribution >= 4 is 17.2 Å². The van der Waals surface area contributed by atoms with Gasteiger partial charge in [0.15, 0.2) is 0 Å². The minimum Gasteiger partial charge on any atom is -0.378 e. The van der Waals surface area contributed by atoms with E-state index < -0.39 is 0 Å². The number of carbonyl (C=O) groups excluding carboxylic acids is 1. The van der Waals surface area contributed by atoms with Crippen molar-refractivity contribution in [3.8, 4) is 0 Å². The molecule has 2 aromatic heterocycles. The first-order valence-corrected chi connectivity index (χ1v) is 10.0. The van der Waals surface area contributed by atoms with E-state index >= 15 is 0 Å². The van der Waals surface area contributed by atoms with Crippen molar-refractivity contribution in [2.24, 2.45) is 0 Å². The third-order valence-electron chi connectivity index (χ3n) is 5.60. The van der Waals surface area contributed by atoms with Crippen LogP contribution in [0.15, 0.2) is 36.7 Å². The van der Waals surface area contributed by atoms with E-state index in [9.17, 15) is 4.79 Å². The van der Waals surface area contributed by atoms with Crippen LogP contribution >= 0.6 is 11.3 Å². The number of hydrogen-bond acceptors (Lipinski definition) is 5. The number of likely N-dealkylation sites (tertiary alicyclic amines) is 2. The molecule has 4 heterocycles. The topological polar surface area (TPSA) is 45.7 Å². The first-order valence-electron chi connectivity index (χ1n) is 9.21. The Hall–Kier alpha value is -1.76. The van der Waals surface area contributed by atoms with Crippen LogP contribution in [0.25, 0.3) is 0 Å². The van der Waals surface area contributed by atoms with Crippen LogP contribution in [0.1, 0.15) is 39.0 Å². The molecule has 5 nitrogen and oxygen atoms in total. The molecule has 138 valence electrons. The number of ether oxygens (including phenoxy) is 1. The molecular weight excluding hydrogens is 346 g/mol. The summed E-state index contributed by atoms with van der Waals surface area (Å²) in [6.45, 7) is 4.66. The van der Waals surface area contributed by atoms with Crippen LogP contribution in [0.5, 0.6) is 0 Å². The largest absolute Gasteiger partial charge is 0.378 e. The molecule has 0 unspecified atom stereocenters. The predicted octanol–water partition coefficient (Wildman–Crippen LogP) is 3.13. The van der Waals surface area contributed by atoms with Gasteiger partial charge in [0.25, 0.3) is 5.91 Å². The molecule has 0 bridgehead atoms. The van der Waals surface area contributed by atoms with E-state index in [2.05, 4.69) is 16.0 Å². The maximum Gasteiger partial charge on any atom is 0.263 e. The molecule has 0 spiro atoms. The van der Waals surface area contributed by atoms with Gasteiger partial charge in [-0.25, -0.2) is 0 Å². The molecule has 6 heteroatoms. The number of nitrogens with zero attached hydrogens (tertiary/aromatic N) is 3. The van der Waals surface area contributed by atoms with E-state index in [1.807, 2.05) is 42.4 Å². The summed E-state index contributed by atoms with van der Waals surface area (Å²) in [5.41, 5.74) is 1.22. The van der Waals surface area contributed by atoms with Crippen molar-refractivity contribution in [1.82, 2.24) is 14.8 Å². The second kappa shape index (κ2) is 7.47. The van der Waals surface area contributed by atoms with Gasteiger partial charge in [-0.05, 0) is 43.5 Å². The average molecular weight is 372 g/mol. The Bertz CT molecular complexity index is 755. The Morgan fingerprint density at radius 1 is 1.27 bits per heavy atom. The summed E-state index contributed by atoms with van der Waals surface area (Å²) in [6, 6.07) is 8.87. The molecule has 0 saturated carbocycles. The smallest absolute Gasteiger partial charge is 0.263 e. The number of aryl methyl sites for hydroxylation is 1. The third-order valence-corrected chi connectivity index (χ3v) is 6.59. The molecule has 2 atom stereocenters. The highest BCUT2D eigenvalue weighted by Crippen LogP contribution is 2.39. The van der Waals surface area contributed by atoms with Crippen LogP contribution < -0.4 is 0 Å². The summed E-state index contributed by atoms with van der Waals surface area (Å²) in [5.74, 6) is 0.184. The molecule has 4 rings (SSSR count). The van der Waals surface area contributed by atoms with E-state index in [4.69, 9.17) is 4.74 Å². The number of pyridine rings is 1. The predicted molar refractivity (Wildman–Crippen MR) is 102 cm³/mol. The van der Waals surface area contributed by atoms with Crippen LogP contribution in [0, 0.1) is 6.92 Å². The monoisotopic (exact) mass is 371 g/mol. The fourth-order valence-corrected chi connectivity index (χ4v) is 4.97. The Balaban J connectivity index is 1.39. The fraction of sp³-hybridized carbons (Fsp3) is 0.500. The average Bonchev–Trinajstić information content (AvgIpc) is 3.08. The zero-order valence-corrected chi connectivity index (χ0v) is 16.1. The van der Waals surface area contributed by atoms with E-state index in [0.717, 1.165) is 37.4 Å². The molecule has 1 amide bonds. The highest BCUT2D eigenvalue weighted by Gasteiger charge is 2.44. The van der Waals surface area contributed by atoms with Crippen LogP contribution in [-0.2, 0) is 4.74 Å². The molecule has 2 aliphatic rings. The third kappa shape index (κ3) is 3.29. The second-order valence-corrected chi connectivity index (χ2v) is 8.42. The quantitative estimate of drug-likeness (QED) is 0.828. The Morgan fingerprint density at radius 3 is 2.69 bits per heavy atom. The molecule has 0 aliphatic carbocycles. The second-order valence-electron chi connectivity index (χ2n) is 7.14. The van der Waals surface area contributed by atoms with Crippen LogP contribution in [0.4, 0.5) is 0 Å². The van der Waals surface area contributed by atoms with Crippen molar-refractivity contribution in [2.75, 3.05) is 26.7 Å². The maximum absolute atomic E-state index is 12.7. The SMILES string of the molecule is CO[C@H]1CN(C2CCN(C(=O)c3ccc(C)s3)CC2)[C@H]1c1cccnc1. The van der Waals surface area contributed by atoms with Gasteiger partial charge in [0.1, 0.15) is 0 Å². The van der Waals surface area contributed by atoms with Crippen LogP contribution in [0.2, 0.25) is 0 Å². The number of carbonyl (C=O) groups is 1. The van der Waals surface area contributed by atoms with E-state index in [1.165, 1.54) is 10.4 Å². The minimum absolute atomic E-state index is 0.184. The van der Waals surface area contributed by atoms with E-state index in [0.29, 0.717) is 6.04 Å². The molecule has 2 aromatic rings. The van der Waals surface area contributed by atoms with Crippen LogP contribution in [-0.4, -0.2) is 59.6 Å². The number of piperidine rings is 1. The summed E-state index contributed by atoms with van der Waals surface area (Å²) in [5, 5.41) is 0. The lowest BCUT2D eigenvalue weighted by atomic mass is 9.87. The molecule has 0 N–H and O–H groups in total. The Kier molecular flexibility index (Phi) is 5.07. The number of methoxy groups -OCH3 is 1.